The number of carbonyl (C=O) groups excluding carboxylic acids is 3. The number of amides is 4. The van der Waals surface area contributed by atoms with E-state index in [4.69, 9.17) is 4.74 Å². The first-order valence-corrected chi connectivity index (χ1v) is 8.72. The van der Waals surface area contributed by atoms with Crippen molar-refractivity contribution < 1.29 is 19.1 Å². The molecule has 0 bridgehead atoms. The van der Waals surface area contributed by atoms with Crippen LogP contribution in [0.25, 0.3) is 0 Å². The molecule has 1 fully saturated rings. The Kier molecular flexibility index (Phi) is 4.27. The maximum absolute atomic E-state index is 12.8. The molecule has 0 aromatic heterocycles. The molecule has 1 saturated heterocycles. The van der Waals surface area contributed by atoms with Crippen molar-refractivity contribution >= 4 is 23.5 Å². The summed E-state index contributed by atoms with van der Waals surface area (Å²) < 4.78 is 5.16. The number of hydrogen-bond acceptors (Lipinski definition) is 4. The predicted molar refractivity (Wildman–Crippen MR) is 98.5 cm³/mol. The second kappa shape index (κ2) is 6.75. The molecule has 1 N–H and O–H groups in total. The SMILES string of the molecule is COc1ccc(CN2Cc3c(cccc3N3CCC(=O)NC3=O)C2=O)cc1. The molecule has 0 spiro atoms. The Morgan fingerprint density at radius 3 is 2.56 bits per heavy atom. The Morgan fingerprint density at radius 2 is 1.85 bits per heavy atom. The van der Waals surface area contributed by atoms with Crippen LogP contribution < -0.4 is 15.0 Å². The monoisotopic (exact) mass is 365 g/mol. The number of hydrogen-bond donors (Lipinski definition) is 1. The van der Waals surface area contributed by atoms with Crippen LogP contribution in [0.15, 0.2) is 42.5 Å². The van der Waals surface area contributed by atoms with Gasteiger partial charge >= 0.3 is 6.03 Å². The fourth-order valence-corrected chi connectivity index (χ4v) is 3.50. The van der Waals surface area contributed by atoms with E-state index in [1.165, 1.54) is 4.90 Å². The second-order valence-corrected chi connectivity index (χ2v) is 6.57. The van der Waals surface area contributed by atoms with Crippen LogP contribution >= 0.6 is 0 Å². The quantitative estimate of drug-likeness (QED) is 0.902. The van der Waals surface area contributed by atoms with Crippen molar-refractivity contribution in [3.63, 3.8) is 0 Å². The molecule has 0 atom stereocenters. The van der Waals surface area contributed by atoms with E-state index in [0.29, 0.717) is 30.9 Å². The van der Waals surface area contributed by atoms with Crippen LogP contribution in [0.5, 0.6) is 5.75 Å². The maximum atomic E-state index is 12.8. The molecule has 138 valence electrons. The zero-order valence-electron chi connectivity index (χ0n) is 14.9. The highest BCUT2D eigenvalue weighted by atomic mass is 16.5. The number of methoxy groups -OCH3 is 1. The summed E-state index contributed by atoms with van der Waals surface area (Å²) in [5.74, 6) is 0.430. The number of urea groups is 1. The summed E-state index contributed by atoms with van der Waals surface area (Å²) in [6.07, 6.45) is 0.249. The van der Waals surface area contributed by atoms with Crippen molar-refractivity contribution in [2.45, 2.75) is 19.5 Å². The van der Waals surface area contributed by atoms with Crippen LogP contribution in [0, 0.1) is 0 Å². The third-order valence-corrected chi connectivity index (χ3v) is 4.90. The average molecular weight is 365 g/mol. The number of nitrogens with one attached hydrogen (secondary N) is 1. The maximum Gasteiger partial charge on any atom is 0.328 e. The molecule has 2 aromatic carbocycles. The van der Waals surface area contributed by atoms with Crippen LogP contribution in [0.3, 0.4) is 0 Å². The summed E-state index contributed by atoms with van der Waals surface area (Å²) in [6, 6.07) is 12.5. The topological polar surface area (TPSA) is 79.0 Å². The van der Waals surface area contributed by atoms with E-state index in [1.807, 2.05) is 30.3 Å². The van der Waals surface area contributed by atoms with Gasteiger partial charge < -0.3 is 9.64 Å². The average Bonchev–Trinajstić information content (AvgIpc) is 2.99. The minimum Gasteiger partial charge on any atom is -0.497 e. The number of nitrogens with zero attached hydrogens (tertiary/aromatic N) is 2. The van der Waals surface area contributed by atoms with Crippen molar-refractivity contribution in [3.05, 3.63) is 59.2 Å². The summed E-state index contributed by atoms with van der Waals surface area (Å²) in [5.41, 5.74) is 3.11. The first kappa shape index (κ1) is 17.1. The lowest BCUT2D eigenvalue weighted by Gasteiger charge is -2.28. The first-order chi connectivity index (χ1) is 13.1. The molecule has 0 unspecified atom stereocenters. The van der Waals surface area contributed by atoms with E-state index in [9.17, 15) is 14.4 Å². The fraction of sp³-hybridized carbons (Fsp3) is 0.250. The second-order valence-electron chi connectivity index (χ2n) is 6.57. The lowest BCUT2D eigenvalue weighted by atomic mass is 10.1. The minimum absolute atomic E-state index is 0.0591. The summed E-state index contributed by atoms with van der Waals surface area (Å²) in [5, 5.41) is 2.33. The highest BCUT2D eigenvalue weighted by Crippen LogP contribution is 2.33. The highest BCUT2D eigenvalue weighted by Gasteiger charge is 2.33. The molecule has 2 aromatic rings. The molecule has 0 saturated carbocycles. The molecule has 4 rings (SSSR count). The molecule has 2 heterocycles. The van der Waals surface area contributed by atoms with Gasteiger partial charge in [-0.05, 0) is 29.8 Å². The van der Waals surface area contributed by atoms with E-state index < -0.39 is 6.03 Å². The third kappa shape index (κ3) is 3.12. The van der Waals surface area contributed by atoms with Gasteiger partial charge in [0.15, 0.2) is 0 Å². The fourth-order valence-electron chi connectivity index (χ4n) is 3.50. The van der Waals surface area contributed by atoms with Gasteiger partial charge in [-0.2, -0.15) is 0 Å². The summed E-state index contributed by atoms with van der Waals surface area (Å²) in [6.45, 7) is 1.21. The van der Waals surface area contributed by atoms with Gasteiger partial charge in [-0.25, -0.2) is 4.79 Å². The number of rotatable bonds is 4. The molecule has 27 heavy (non-hydrogen) atoms. The van der Waals surface area contributed by atoms with Crippen molar-refractivity contribution in [3.8, 4) is 5.75 Å². The molecule has 0 aliphatic carbocycles. The normalized spacial score (nSPS) is 16.4. The van der Waals surface area contributed by atoms with Gasteiger partial charge in [0, 0.05) is 37.2 Å². The van der Waals surface area contributed by atoms with Crippen LogP contribution in [0.4, 0.5) is 10.5 Å². The Bertz CT molecular complexity index is 923. The van der Waals surface area contributed by atoms with E-state index in [2.05, 4.69) is 5.32 Å². The van der Waals surface area contributed by atoms with Crippen molar-refractivity contribution in [2.24, 2.45) is 0 Å². The number of imide groups is 1. The standard InChI is InChI=1S/C20H19N3O4/c1-27-14-7-5-13(6-8-14)11-22-12-16-15(19(22)25)3-2-4-17(16)23-10-9-18(24)21-20(23)26/h2-8H,9-12H2,1H3,(H,21,24,26). The van der Waals surface area contributed by atoms with Crippen LogP contribution in [-0.2, 0) is 17.9 Å². The molecule has 4 amide bonds. The Balaban J connectivity index is 1.58. The summed E-state index contributed by atoms with van der Waals surface area (Å²) >= 11 is 0. The Labute approximate surface area is 156 Å². The smallest absolute Gasteiger partial charge is 0.328 e. The van der Waals surface area contributed by atoms with Gasteiger partial charge in [-0.3, -0.25) is 19.8 Å². The van der Waals surface area contributed by atoms with Crippen molar-refractivity contribution in [2.75, 3.05) is 18.6 Å². The van der Waals surface area contributed by atoms with Gasteiger partial charge in [0.05, 0.1) is 12.8 Å². The third-order valence-electron chi connectivity index (χ3n) is 4.90. The Morgan fingerprint density at radius 1 is 1.07 bits per heavy atom. The molecule has 2 aliphatic heterocycles. The highest BCUT2D eigenvalue weighted by molar-refractivity contribution is 6.07. The number of anilines is 1. The minimum atomic E-state index is -0.444. The van der Waals surface area contributed by atoms with Crippen LogP contribution in [0.2, 0.25) is 0 Å². The summed E-state index contributed by atoms with van der Waals surface area (Å²) in [7, 11) is 1.61. The molecule has 0 radical (unpaired) electrons. The van der Waals surface area contributed by atoms with Gasteiger partial charge in [-0.15, -0.1) is 0 Å². The molecule has 7 heteroatoms. The number of benzene rings is 2. The molecular formula is C20H19N3O4. The van der Waals surface area contributed by atoms with E-state index in [1.54, 1.807) is 24.1 Å². The van der Waals surface area contributed by atoms with Gasteiger partial charge in [0.1, 0.15) is 5.75 Å². The molecule has 7 nitrogen and oxygen atoms in total. The van der Waals surface area contributed by atoms with Gasteiger partial charge in [0.25, 0.3) is 5.91 Å². The zero-order chi connectivity index (χ0) is 19.0. The van der Waals surface area contributed by atoms with Crippen molar-refractivity contribution in [1.29, 1.82) is 0 Å². The van der Waals surface area contributed by atoms with Gasteiger partial charge in [0.2, 0.25) is 5.91 Å². The number of carbonyl (C=O) groups is 3. The summed E-state index contributed by atoms with van der Waals surface area (Å²) in [4.78, 5) is 39.7. The van der Waals surface area contributed by atoms with Crippen LogP contribution in [0.1, 0.15) is 27.9 Å². The first-order valence-electron chi connectivity index (χ1n) is 8.72. The zero-order valence-corrected chi connectivity index (χ0v) is 14.9. The van der Waals surface area contributed by atoms with Crippen LogP contribution in [-0.4, -0.2) is 36.4 Å². The molecule has 2 aliphatic rings. The predicted octanol–water partition coefficient (Wildman–Crippen LogP) is 2.30. The van der Waals surface area contributed by atoms with E-state index in [-0.39, 0.29) is 18.2 Å². The lowest BCUT2D eigenvalue weighted by Crippen LogP contribution is -2.49. The number of fused-ring (bicyclic) bond motifs is 1. The lowest BCUT2D eigenvalue weighted by molar-refractivity contribution is -0.120. The van der Waals surface area contributed by atoms with E-state index in [0.717, 1.165) is 16.9 Å². The Hall–Kier alpha value is -3.35. The van der Waals surface area contributed by atoms with Gasteiger partial charge in [-0.1, -0.05) is 18.2 Å². The largest absolute Gasteiger partial charge is 0.497 e. The molecular weight excluding hydrogens is 346 g/mol. The van der Waals surface area contributed by atoms with E-state index >= 15 is 0 Å². The van der Waals surface area contributed by atoms with Crippen molar-refractivity contribution in [1.82, 2.24) is 10.2 Å². The number of ether oxygens (including phenoxy) is 1.